The first kappa shape index (κ1) is 45.9. The second kappa shape index (κ2) is 21.4. The van der Waals surface area contributed by atoms with E-state index in [1.807, 2.05) is 69.4 Å². The summed E-state index contributed by atoms with van der Waals surface area (Å²) >= 11 is 1.59. The van der Waals surface area contributed by atoms with Gasteiger partial charge in [0.05, 0.1) is 53.4 Å². The van der Waals surface area contributed by atoms with Crippen molar-refractivity contribution in [1.82, 2.24) is 30.4 Å². The molecule has 15 nitrogen and oxygen atoms in total. The Hall–Kier alpha value is -6.13. The maximum atomic E-state index is 14.0. The number of nitrogens with one attached hydrogen (secondary N) is 4. The van der Waals surface area contributed by atoms with Crippen LogP contribution >= 0.6 is 11.3 Å². The van der Waals surface area contributed by atoms with Gasteiger partial charge in [-0.15, -0.1) is 11.3 Å². The number of rotatable bonds is 19. The van der Waals surface area contributed by atoms with Crippen molar-refractivity contribution in [2.45, 2.75) is 72.0 Å². The number of pyridine rings is 1. The predicted molar refractivity (Wildman–Crippen MR) is 239 cm³/mol. The number of allylic oxidation sites excluding steroid dienone is 1. The van der Waals surface area contributed by atoms with E-state index in [9.17, 15) is 19.2 Å². The van der Waals surface area contributed by atoms with Crippen LogP contribution in [0.3, 0.4) is 0 Å². The Bertz CT molecular complexity index is 2200. The Balaban J connectivity index is 1.05. The van der Waals surface area contributed by atoms with E-state index in [0.29, 0.717) is 68.4 Å². The number of benzene rings is 2. The first-order valence-electron chi connectivity index (χ1n) is 20.3. The minimum Gasteiger partial charge on any atom is -0.494 e. The van der Waals surface area contributed by atoms with Crippen molar-refractivity contribution in [1.29, 1.82) is 5.41 Å². The first-order valence-corrected chi connectivity index (χ1v) is 21.2. The fourth-order valence-electron chi connectivity index (χ4n) is 6.93. The third-order valence-corrected chi connectivity index (χ3v) is 11.2. The molecule has 2 aromatic carbocycles. The molecule has 0 bridgehead atoms. The minimum absolute atomic E-state index is 0.101. The van der Waals surface area contributed by atoms with Crippen LogP contribution in [0, 0.1) is 17.7 Å². The van der Waals surface area contributed by atoms with Gasteiger partial charge in [-0.05, 0) is 93.1 Å². The summed E-state index contributed by atoms with van der Waals surface area (Å²) in [6.07, 6.45) is 5.17. The molecule has 0 saturated carbocycles. The van der Waals surface area contributed by atoms with Gasteiger partial charge in [0.1, 0.15) is 29.3 Å². The summed E-state index contributed by atoms with van der Waals surface area (Å²) in [5.41, 5.74) is 11.4. The van der Waals surface area contributed by atoms with E-state index < -0.39 is 23.4 Å². The molecular weight excluding hydrogens is 795 g/mol. The molecule has 1 saturated heterocycles. The molecule has 5 rings (SSSR count). The molecule has 2 atom stereocenters. The normalized spacial score (nSPS) is 14.6. The maximum absolute atomic E-state index is 14.0. The Morgan fingerprint density at radius 3 is 2.52 bits per heavy atom. The number of anilines is 1. The third-order valence-electron chi connectivity index (χ3n) is 10.3. The molecular formula is C45H57N9O6S. The van der Waals surface area contributed by atoms with Crippen LogP contribution in [0.25, 0.3) is 16.1 Å². The van der Waals surface area contributed by atoms with Gasteiger partial charge in [-0.3, -0.25) is 24.1 Å². The third kappa shape index (κ3) is 12.7. The van der Waals surface area contributed by atoms with Crippen molar-refractivity contribution < 1.29 is 28.7 Å². The molecule has 0 aliphatic carbocycles. The minimum atomic E-state index is -0.808. The van der Waals surface area contributed by atoms with Crippen LogP contribution in [0.15, 0.2) is 72.3 Å². The Labute approximate surface area is 361 Å². The number of unbranched alkanes of at least 4 members (excludes halogenated alkanes) is 1. The summed E-state index contributed by atoms with van der Waals surface area (Å²) in [6.45, 7) is 9.66. The highest BCUT2D eigenvalue weighted by Gasteiger charge is 2.41. The number of aromatic nitrogens is 2. The number of hydrogen-bond donors (Lipinski definition) is 5. The summed E-state index contributed by atoms with van der Waals surface area (Å²) in [6, 6.07) is 16.6. The number of thiazole rings is 1. The largest absolute Gasteiger partial charge is 0.494 e. The van der Waals surface area contributed by atoms with Gasteiger partial charge in [-0.25, -0.2) is 9.97 Å². The smallest absolute Gasteiger partial charge is 0.274 e. The van der Waals surface area contributed by atoms with Crippen LogP contribution < -0.4 is 31.2 Å². The van der Waals surface area contributed by atoms with Gasteiger partial charge < -0.3 is 41.5 Å². The van der Waals surface area contributed by atoms with Gasteiger partial charge in [-0.2, -0.15) is 0 Å². The molecule has 0 unspecified atom stereocenters. The summed E-state index contributed by atoms with van der Waals surface area (Å²) < 4.78 is 11.5. The SMILES string of the molecule is COc1cc(OCCCCN(C)CC(=O)N[C@H](C(=O)N2CCC[C@H]2C(=O)NCc2ccc(-c3scnc3C)cc2)C(C)(C)C)ccc1NC(=O)c1cccc(/C(N)=C/C=N)n1. The van der Waals surface area contributed by atoms with Gasteiger partial charge in [0.15, 0.2) is 0 Å². The van der Waals surface area contributed by atoms with E-state index in [2.05, 4.69) is 25.9 Å². The molecule has 2 aromatic heterocycles. The molecule has 4 aromatic rings. The molecule has 6 N–H and O–H groups in total. The average molecular weight is 852 g/mol. The van der Waals surface area contributed by atoms with E-state index in [-0.39, 0.29) is 35.7 Å². The van der Waals surface area contributed by atoms with E-state index in [1.54, 1.807) is 52.6 Å². The van der Waals surface area contributed by atoms with Gasteiger partial charge in [-0.1, -0.05) is 51.1 Å². The van der Waals surface area contributed by atoms with E-state index in [0.717, 1.165) is 34.3 Å². The highest BCUT2D eigenvalue weighted by atomic mass is 32.1. The molecule has 324 valence electrons. The molecule has 1 aliphatic rings. The fourth-order valence-corrected chi connectivity index (χ4v) is 7.74. The molecule has 4 amide bonds. The fraction of sp³-hybridized carbons (Fsp3) is 0.400. The summed E-state index contributed by atoms with van der Waals surface area (Å²) in [4.78, 5) is 67.0. The molecule has 3 heterocycles. The number of hydrogen-bond acceptors (Lipinski definition) is 12. The second-order valence-corrected chi connectivity index (χ2v) is 16.9. The lowest BCUT2D eigenvalue weighted by molar-refractivity contribution is -0.144. The second-order valence-electron chi connectivity index (χ2n) is 16.0. The lowest BCUT2D eigenvalue weighted by Gasteiger charge is -2.35. The Morgan fingerprint density at radius 2 is 1.84 bits per heavy atom. The molecule has 0 spiro atoms. The number of likely N-dealkylation sites (tertiary alicyclic amines) is 1. The van der Waals surface area contributed by atoms with Crippen LogP contribution in [0.2, 0.25) is 0 Å². The van der Waals surface area contributed by atoms with Gasteiger partial charge in [0.2, 0.25) is 17.7 Å². The summed E-state index contributed by atoms with van der Waals surface area (Å²) in [5, 5.41) is 16.0. The molecule has 61 heavy (non-hydrogen) atoms. The van der Waals surface area contributed by atoms with Crippen molar-refractivity contribution in [2.24, 2.45) is 11.1 Å². The lowest BCUT2D eigenvalue weighted by atomic mass is 9.85. The number of carbonyl (C=O) groups excluding carboxylic acids is 4. The zero-order valence-corrected chi connectivity index (χ0v) is 36.6. The molecule has 0 radical (unpaired) electrons. The van der Waals surface area contributed by atoms with Crippen LogP contribution in [0.1, 0.15) is 73.9 Å². The first-order chi connectivity index (χ1) is 29.2. The number of aryl methyl sites for hydroxylation is 1. The van der Waals surface area contributed by atoms with Crippen molar-refractivity contribution in [3.63, 3.8) is 0 Å². The number of carbonyl (C=O) groups is 4. The molecule has 1 aliphatic heterocycles. The van der Waals surface area contributed by atoms with E-state index in [4.69, 9.17) is 20.6 Å². The summed E-state index contributed by atoms with van der Waals surface area (Å²) in [7, 11) is 3.35. The maximum Gasteiger partial charge on any atom is 0.274 e. The Kier molecular flexibility index (Phi) is 16.1. The highest BCUT2D eigenvalue weighted by molar-refractivity contribution is 7.13. The molecule has 1 fully saturated rings. The predicted octanol–water partition coefficient (Wildman–Crippen LogP) is 5.65. The molecule has 16 heteroatoms. The monoisotopic (exact) mass is 851 g/mol. The van der Waals surface area contributed by atoms with Crippen molar-refractivity contribution in [2.75, 3.05) is 45.7 Å². The van der Waals surface area contributed by atoms with Crippen LogP contribution in [0.5, 0.6) is 11.5 Å². The zero-order valence-electron chi connectivity index (χ0n) is 35.7. The van der Waals surface area contributed by atoms with Gasteiger partial charge in [0.25, 0.3) is 5.91 Å². The van der Waals surface area contributed by atoms with Crippen molar-refractivity contribution >= 4 is 52.6 Å². The lowest BCUT2D eigenvalue weighted by Crippen LogP contribution is -2.58. The topological polar surface area (TPSA) is 205 Å². The Morgan fingerprint density at radius 1 is 1.08 bits per heavy atom. The van der Waals surface area contributed by atoms with E-state index >= 15 is 0 Å². The quantitative estimate of drug-likeness (QED) is 0.0579. The van der Waals surface area contributed by atoms with Gasteiger partial charge >= 0.3 is 0 Å². The van der Waals surface area contributed by atoms with Crippen molar-refractivity contribution in [3.05, 3.63) is 94.9 Å². The number of methoxy groups -OCH3 is 1. The van der Waals surface area contributed by atoms with E-state index in [1.165, 1.54) is 13.2 Å². The number of ether oxygens (including phenoxy) is 2. The zero-order chi connectivity index (χ0) is 44.1. The number of likely N-dealkylation sites (N-methyl/N-ethyl adjacent to an activating group) is 1. The number of amides is 4. The standard InChI is InChI=1S/C45H57N9O6S/c1-29-40(61-28-49-29)31-16-14-30(15-17-31)26-48-43(57)37-13-10-23-54(37)44(58)41(45(2,3)4)52-39(55)27-53(5)22-7-8-24-60-32-18-19-35(38(25-32)59-6)51-42(56)36-12-9-11-34(50-36)33(47)20-21-46/h9,11-12,14-21,25,28,37,41,46H,7-8,10,13,22-24,26-27,47H2,1-6H3,(H,48,57)(H,51,56)(H,52,55)/b33-20-,46-21?/t37-,41+/m0/s1. The van der Waals surface area contributed by atoms with Crippen molar-refractivity contribution in [3.8, 4) is 21.9 Å². The average Bonchev–Trinajstić information content (AvgIpc) is 3.91. The number of nitrogens with two attached hydrogens (primary N) is 1. The summed E-state index contributed by atoms with van der Waals surface area (Å²) in [5.74, 6) is -0.200. The number of nitrogens with zero attached hydrogens (tertiary/aromatic N) is 4. The highest BCUT2D eigenvalue weighted by Crippen LogP contribution is 2.31. The van der Waals surface area contributed by atoms with Crippen LogP contribution in [0.4, 0.5) is 5.69 Å². The van der Waals surface area contributed by atoms with Gasteiger partial charge in [0, 0.05) is 25.4 Å². The van der Waals surface area contributed by atoms with Crippen LogP contribution in [-0.2, 0) is 20.9 Å². The van der Waals surface area contributed by atoms with Crippen LogP contribution in [-0.4, -0.2) is 102 Å².